The van der Waals surface area contributed by atoms with Gasteiger partial charge < -0.3 is 24.5 Å². The predicted molar refractivity (Wildman–Crippen MR) is 129 cm³/mol. The molecule has 4 aliphatic rings. The lowest BCUT2D eigenvalue weighted by molar-refractivity contribution is 0.0291. The number of hydrogen-bond donors (Lipinski definition) is 2. The quantitative estimate of drug-likeness (QED) is 0.319. The number of rotatable bonds is 5. The number of aliphatic hydroxyl groups is 2. The van der Waals surface area contributed by atoms with Crippen LogP contribution in [0.5, 0.6) is 0 Å². The largest absolute Gasteiger partial charge is 0.388 e. The van der Waals surface area contributed by atoms with Crippen molar-refractivity contribution in [3.8, 4) is 5.69 Å². The van der Waals surface area contributed by atoms with Crippen LogP contribution >= 0.6 is 0 Å². The van der Waals surface area contributed by atoms with Crippen LogP contribution in [0.15, 0.2) is 51.3 Å². The van der Waals surface area contributed by atoms with Crippen molar-refractivity contribution in [2.75, 3.05) is 13.2 Å². The van der Waals surface area contributed by atoms with Gasteiger partial charge in [-0.1, -0.05) is 28.6 Å². The summed E-state index contributed by atoms with van der Waals surface area (Å²) in [6.07, 6.45) is -0.948. The molecule has 8 atom stereocenters. The van der Waals surface area contributed by atoms with E-state index in [1.807, 2.05) is 6.07 Å². The van der Waals surface area contributed by atoms with Gasteiger partial charge in [0.05, 0.1) is 36.9 Å². The SMILES string of the molecule is C[C@@H](ON=C1[C@H]2CCn3c(=O)n(-c4ccccc4)c(=O)n3[C@H]2[C@H](O)[C@@H]2O[C@H]12)c1cn([C@@H]2COC[C@H]2O)nn1. The molecule has 3 aliphatic heterocycles. The van der Waals surface area contributed by atoms with E-state index in [1.165, 1.54) is 9.36 Å². The zero-order chi connectivity index (χ0) is 26.1. The van der Waals surface area contributed by atoms with Gasteiger partial charge in [0.25, 0.3) is 0 Å². The molecule has 0 bridgehead atoms. The Hall–Kier alpha value is -3.59. The van der Waals surface area contributed by atoms with Gasteiger partial charge in [-0.25, -0.2) is 28.2 Å². The molecule has 2 aromatic heterocycles. The lowest BCUT2D eigenvalue weighted by Crippen LogP contribution is -2.53. The summed E-state index contributed by atoms with van der Waals surface area (Å²) in [5.41, 5.74) is 0.632. The number of hydrogen-bond acceptors (Lipinski definition) is 10. The Morgan fingerprint density at radius 3 is 2.74 bits per heavy atom. The molecule has 14 heteroatoms. The molecule has 14 nitrogen and oxygen atoms in total. The van der Waals surface area contributed by atoms with Crippen LogP contribution in [0.1, 0.15) is 37.2 Å². The second-order valence-corrected chi connectivity index (χ2v) is 10.2. The van der Waals surface area contributed by atoms with E-state index >= 15 is 0 Å². The van der Waals surface area contributed by atoms with Crippen molar-refractivity contribution in [2.45, 2.75) is 62.5 Å². The van der Waals surface area contributed by atoms with Crippen molar-refractivity contribution in [1.82, 2.24) is 28.9 Å². The summed E-state index contributed by atoms with van der Waals surface area (Å²) in [6, 6.07) is 7.69. The molecule has 0 spiro atoms. The number of oxime groups is 1. The highest BCUT2D eigenvalue weighted by Crippen LogP contribution is 2.46. The van der Waals surface area contributed by atoms with Crippen molar-refractivity contribution in [3.05, 3.63) is 63.2 Å². The van der Waals surface area contributed by atoms with Crippen LogP contribution < -0.4 is 11.4 Å². The van der Waals surface area contributed by atoms with Crippen LogP contribution in [-0.4, -0.2) is 82.5 Å². The third-order valence-corrected chi connectivity index (χ3v) is 7.93. The summed E-state index contributed by atoms with van der Waals surface area (Å²) >= 11 is 0. The number of benzene rings is 1. The van der Waals surface area contributed by atoms with E-state index in [4.69, 9.17) is 14.3 Å². The highest BCUT2D eigenvalue weighted by atomic mass is 16.6. The van der Waals surface area contributed by atoms with E-state index in [-0.39, 0.29) is 25.1 Å². The minimum Gasteiger partial charge on any atom is -0.388 e. The maximum atomic E-state index is 13.5. The summed E-state index contributed by atoms with van der Waals surface area (Å²) in [5.74, 6) is -0.355. The normalized spacial score (nSPS) is 33.4. The van der Waals surface area contributed by atoms with Crippen molar-refractivity contribution < 1.29 is 24.5 Å². The monoisotopic (exact) mass is 525 g/mol. The van der Waals surface area contributed by atoms with Crippen molar-refractivity contribution in [3.63, 3.8) is 0 Å². The fourth-order valence-electron chi connectivity index (χ4n) is 5.86. The number of aromatic nitrogens is 6. The predicted octanol–water partition coefficient (Wildman–Crippen LogP) is -0.839. The first kappa shape index (κ1) is 23.5. The second kappa shape index (κ2) is 8.73. The van der Waals surface area contributed by atoms with Crippen molar-refractivity contribution in [1.29, 1.82) is 0 Å². The van der Waals surface area contributed by atoms with Gasteiger partial charge in [-0.3, -0.25) is 0 Å². The topological polar surface area (TPSA) is 163 Å². The minimum absolute atomic E-state index is 0.252. The first-order valence-electron chi connectivity index (χ1n) is 12.7. The Labute approximate surface area is 215 Å². The standard InChI is InChI=1S/C24H27N7O7/c1-12(15-9-28(27-25-15)16-10-36-11-17(16)32)38-26-18-14-7-8-29-23(34)30(13-5-3-2-4-6-13)24(35)31(29)19(14)20(33)22-21(18)37-22/h2-6,9,12,14,16-17,19-22,32-33H,7-8,10-11H2,1H3/t12-,14-,16-,17-,19-,20+,21-,22+/m1/s1. The lowest BCUT2D eigenvalue weighted by atomic mass is 9.78. The Morgan fingerprint density at radius 1 is 1.16 bits per heavy atom. The van der Waals surface area contributed by atoms with Crippen LogP contribution in [0, 0.1) is 5.92 Å². The van der Waals surface area contributed by atoms with Crippen molar-refractivity contribution >= 4 is 5.71 Å². The van der Waals surface area contributed by atoms with E-state index in [0.717, 1.165) is 4.57 Å². The molecule has 0 unspecified atom stereocenters. The molecule has 7 rings (SSSR count). The van der Waals surface area contributed by atoms with Crippen LogP contribution in [0.25, 0.3) is 5.69 Å². The number of epoxide rings is 1. The molecule has 0 amide bonds. The average molecular weight is 526 g/mol. The van der Waals surface area contributed by atoms with Gasteiger partial charge in [-0.05, 0) is 25.5 Å². The van der Waals surface area contributed by atoms with E-state index in [0.29, 0.717) is 30.1 Å². The summed E-state index contributed by atoms with van der Waals surface area (Å²) < 4.78 is 16.5. The first-order chi connectivity index (χ1) is 18.4. The highest BCUT2D eigenvalue weighted by Gasteiger charge is 2.61. The maximum Gasteiger partial charge on any atom is 0.352 e. The summed E-state index contributed by atoms with van der Waals surface area (Å²) in [6.45, 7) is 2.67. The Bertz CT molecular complexity index is 1510. The number of para-hydroxylation sites is 1. The molecule has 0 radical (unpaired) electrons. The number of aliphatic hydroxyl groups excluding tert-OH is 2. The van der Waals surface area contributed by atoms with E-state index in [9.17, 15) is 19.8 Å². The van der Waals surface area contributed by atoms with E-state index in [1.54, 1.807) is 42.1 Å². The van der Waals surface area contributed by atoms with Gasteiger partial charge in [0.1, 0.15) is 36.2 Å². The molecule has 5 heterocycles. The first-order valence-corrected chi connectivity index (χ1v) is 12.7. The van der Waals surface area contributed by atoms with Crippen LogP contribution in [0.4, 0.5) is 0 Å². The molecule has 1 aliphatic carbocycles. The lowest BCUT2D eigenvalue weighted by Gasteiger charge is -2.38. The Balaban J connectivity index is 1.18. The van der Waals surface area contributed by atoms with Crippen LogP contribution in [0.3, 0.4) is 0 Å². The molecular weight excluding hydrogens is 498 g/mol. The average Bonchev–Trinajstić information content (AvgIpc) is 3.24. The van der Waals surface area contributed by atoms with Gasteiger partial charge in [-0.15, -0.1) is 5.10 Å². The number of nitrogens with zero attached hydrogens (tertiary/aromatic N) is 7. The molecule has 2 N–H and O–H groups in total. The maximum absolute atomic E-state index is 13.5. The molecule has 200 valence electrons. The Morgan fingerprint density at radius 2 is 1.97 bits per heavy atom. The molecule has 3 fully saturated rings. The minimum atomic E-state index is -0.975. The molecule has 2 saturated heterocycles. The van der Waals surface area contributed by atoms with Gasteiger partial charge in [0, 0.05) is 12.5 Å². The van der Waals surface area contributed by atoms with E-state index in [2.05, 4.69) is 15.5 Å². The fraction of sp³-hybridized carbons (Fsp3) is 0.542. The summed E-state index contributed by atoms with van der Waals surface area (Å²) in [7, 11) is 0. The van der Waals surface area contributed by atoms with Gasteiger partial charge in [-0.2, -0.15) is 0 Å². The number of ether oxygens (including phenoxy) is 2. The fourth-order valence-corrected chi connectivity index (χ4v) is 5.86. The van der Waals surface area contributed by atoms with E-state index < -0.39 is 47.9 Å². The third-order valence-electron chi connectivity index (χ3n) is 7.93. The van der Waals surface area contributed by atoms with Crippen LogP contribution in [-0.2, 0) is 20.9 Å². The smallest absolute Gasteiger partial charge is 0.352 e. The molecule has 38 heavy (non-hydrogen) atoms. The summed E-state index contributed by atoms with van der Waals surface area (Å²) in [5, 5.41) is 33.8. The molecular formula is C24H27N7O7. The number of fused-ring (bicyclic) bond motifs is 4. The Kier molecular flexibility index (Phi) is 5.40. The molecule has 1 saturated carbocycles. The van der Waals surface area contributed by atoms with Crippen LogP contribution in [0.2, 0.25) is 0 Å². The van der Waals surface area contributed by atoms with Gasteiger partial charge in [0.15, 0.2) is 6.10 Å². The van der Waals surface area contributed by atoms with Gasteiger partial charge in [0.2, 0.25) is 0 Å². The molecule has 3 aromatic rings. The zero-order valence-electron chi connectivity index (χ0n) is 20.5. The second-order valence-electron chi connectivity index (χ2n) is 10.2. The van der Waals surface area contributed by atoms with Crippen molar-refractivity contribution in [2.24, 2.45) is 11.1 Å². The molecule has 1 aromatic carbocycles. The third kappa shape index (κ3) is 3.51. The summed E-state index contributed by atoms with van der Waals surface area (Å²) in [4.78, 5) is 32.5. The van der Waals surface area contributed by atoms with Gasteiger partial charge >= 0.3 is 11.4 Å². The zero-order valence-corrected chi connectivity index (χ0v) is 20.5. The highest BCUT2D eigenvalue weighted by molar-refractivity contribution is 5.94.